The predicted octanol–water partition coefficient (Wildman–Crippen LogP) is 0.772. The van der Waals surface area contributed by atoms with Gasteiger partial charge in [0, 0.05) is 18.7 Å². The van der Waals surface area contributed by atoms with Crippen molar-refractivity contribution in [2.24, 2.45) is 0 Å². The highest BCUT2D eigenvalue weighted by molar-refractivity contribution is 7.89. The van der Waals surface area contributed by atoms with Gasteiger partial charge in [0.2, 0.25) is 15.8 Å². The van der Waals surface area contributed by atoms with Crippen molar-refractivity contribution < 1.29 is 27.4 Å². The highest BCUT2D eigenvalue weighted by Gasteiger charge is 2.17. The molecule has 0 radical (unpaired) electrons. The molecule has 136 valence electrons. The average Bonchev–Trinajstić information content (AvgIpc) is 2.56. The lowest BCUT2D eigenvalue weighted by Gasteiger charge is -2.14. The molecule has 0 unspecified atom stereocenters. The Morgan fingerprint density at radius 3 is 2.08 bits per heavy atom. The molecule has 0 aliphatic heterocycles. The fourth-order valence-electron chi connectivity index (χ4n) is 2.04. The van der Waals surface area contributed by atoms with Crippen LogP contribution in [0.4, 0.5) is 0 Å². The topological polar surface area (TPSA) is 103 Å². The number of amides is 1. The van der Waals surface area contributed by atoms with E-state index in [1.807, 2.05) is 0 Å². The minimum absolute atomic E-state index is 0.0633. The second-order valence-corrected chi connectivity index (χ2v) is 6.81. The van der Waals surface area contributed by atoms with Crippen molar-refractivity contribution in [3.05, 3.63) is 17.7 Å². The number of hydrogen-bond acceptors (Lipinski definition) is 6. The number of ether oxygens (including phenoxy) is 3. The molecule has 2 N–H and O–H groups in total. The molecule has 1 aromatic rings. The zero-order chi connectivity index (χ0) is 18.2. The van der Waals surface area contributed by atoms with Crippen LogP contribution in [0.1, 0.15) is 23.7 Å². The maximum atomic E-state index is 12.2. The Hall–Kier alpha value is -2.00. The van der Waals surface area contributed by atoms with Gasteiger partial charge in [-0.1, -0.05) is 6.92 Å². The summed E-state index contributed by atoms with van der Waals surface area (Å²) in [7, 11) is 1.11. The molecule has 9 heteroatoms. The lowest BCUT2D eigenvalue weighted by atomic mass is 10.1. The van der Waals surface area contributed by atoms with Gasteiger partial charge in [-0.2, -0.15) is 0 Å². The lowest BCUT2D eigenvalue weighted by molar-refractivity contribution is 0.0953. The fraction of sp³-hybridized carbons (Fsp3) is 0.533. The van der Waals surface area contributed by atoms with E-state index in [0.717, 1.165) is 0 Å². The van der Waals surface area contributed by atoms with Crippen molar-refractivity contribution in [3.63, 3.8) is 0 Å². The molecule has 0 saturated heterocycles. The molecular weight excluding hydrogens is 336 g/mol. The van der Waals surface area contributed by atoms with Gasteiger partial charge in [0.15, 0.2) is 11.5 Å². The molecule has 0 saturated carbocycles. The molecule has 0 bridgehead atoms. The van der Waals surface area contributed by atoms with Crippen LogP contribution in [0.5, 0.6) is 17.2 Å². The van der Waals surface area contributed by atoms with Gasteiger partial charge in [-0.15, -0.1) is 0 Å². The Morgan fingerprint density at radius 2 is 1.62 bits per heavy atom. The van der Waals surface area contributed by atoms with E-state index >= 15 is 0 Å². The van der Waals surface area contributed by atoms with Gasteiger partial charge in [-0.25, -0.2) is 13.1 Å². The quantitative estimate of drug-likeness (QED) is 0.598. The third kappa shape index (κ3) is 5.57. The first-order chi connectivity index (χ1) is 11.4. The monoisotopic (exact) mass is 360 g/mol. The van der Waals surface area contributed by atoms with Crippen molar-refractivity contribution in [3.8, 4) is 17.2 Å². The number of carbonyl (C=O) groups is 1. The Morgan fingerprint density at radius 1 is 1.04 bits per heavy atom. The second-order valence-electron chi connectivity index (χ2n) is 4.88. The van der Waals surface area contributed by atoms with Gasteiger partial charge < -0.3 is 19.5 Å². The first-order valence-corrected chi connectivity index (χ1v) is 9.09. The molecule has 1 aromatic carbocycles. The number of hydrogen-bond donors (Lipinski definition) is 2. The van der Waals surface area contributed by atoms with Crippen LogP contribution < -0.4 is 24.2 Å². The summed E-state index contributed by atoms with van der Waals surface area (Å²) in [5, 5.41) is 2.64. The molecular formula is C15H24N2O6S. The van der Waals surface area contributed by atoms with E-state index < -0.39 is 10.0 Å². The molecule has 24 heavy (non-hydrogen) atoms. The Balaban J connectivity index is 2.71. The predicted molar refractivity (Wildman–Crippen MR) is 90.5 cm³/mol. The largest absolute Gasteiger partial charge is 0.493 e. The number of rotatable bonds is 10. The molecule has 1 rings (SSSR count). The summed E-state index contributed by atoms with van der Waals surface area (Å²) in [6.07, 6.45) is 0.535. The SMILES string of the molecule is CCCS(=O)(=O)NCCNC(=O)c1cc(OC)c(OC)c(OC)c1. The first-order valence-electron chi connectivity index (χ1n) is 7.44. The van der Waals surface area contributed by atoms with Gasteiger partial charge in [0.25, 0.3) is 5.91 Å². The molecule has 1 amide bonds. The zero-order valence-corrected chi connectivity index (χ0v) is 15.2. The minimum atomic E-state index is -3.28. The molecule has 0 spiro atoms. The standard InChI is InChI=1S/C15H24N2O6S/c1-5-8-24(19,20)17-7-6-16-15(18)11-9-12(21-2)14(23-4)13(10-11)22-3/h9-10,17H,5-8H2,1-4H3,(H,16,18). The third-order valence-corrected chi connectivity index (χ3v) is 4.72. The van der Waals surface area contributed by atoms with Crippen LogP contribution in [0.25, 0.3) is 0 Å². The summed E-state index contributed by atoms with van der Waals surface area (Å²) in [6, 6.07) is 3.05. The summed E-state index contributed by atoms with van der Waals surface area (Å²) < 4.78 is 41.0. The maximum Gasteiger partial charge on any atom is 0.251 e. The molecule has 8 nitrogen and oxygen atoms in total. The smallest absolute Gasteiger partial charge is 0.251 e. The van der Waals surface area contributed by atoms with Crippen LogP contribution in [0.2, 0.25) is 0 Å². The molecule has 0 fully saturated rings. The lowest BCUT2D eigenvalue weighted by Crippen LogP contribution is -2.35. The van der Waals surface area contributed by atoms with E-state index in [1.54, 1.807) is 6.92 Å². The van der Waals surface area contributed by atoms with Crippen LogP contribution in [0.3, 0.4) is 0 Å². The minimum Gasteiger partial charge on any atom is -0.493 e. The maximum absolute atomic E-state index is 12.2. The molecule has 0 atom stereocenters. The third-order valence-electron chi connectivity index (χ3n) is 3.13. The molecule has 0 aliphatic rings. The van der Waals surface area contributed by atoms with Gasteiger partial charge in [-0.05, 0) is 18.6 Å². The number of methoxy groups -OCH3 is 3. The summed E-state index contributed by atoms with van der Waals surface area (Å²) >= 11 is 0. The fourth-order valence-corrected chi connectivity index (χ4v) is 3.13. The van der Waals surface area contributed by atoms with Crippen molar-refractivity contribution in [2.45, 2.75) is 13.3 Å². The van der Waals surface area contributed by atoms with Gasteiger partial charge >= 0.3 is 0 Å². The van der Waals surface area contributed by atoms with Crippen molar-refractivity contribution in [1.29, 1.82) is 0 Å². The average molecular weight is 360 g/mol. The summed E-state index contributed by atoms with van der Waals surface area (Å²) in [5.74, 6) is 0.817. The van der Waals surface area contributed by atoms with Crippen LogP contribution >= 0.6 is 0 Å². The van der Waals surface area contributed by atoms with Gasteiger partial charge in [0.05, 0.1) is 27.1 Å². The highest BCUT2D eigenvalue weighted by Crippen LogP contribution is 2.38. The number of sulfonamides is 1. The number of nitrogens with one attached hydrogen (secondary N) is 2. The van der Waals surface area contributed by atoms with Gasteiger partial charge in [0.1, 0.15) is 0 Å². The Kier molecular flexibility index (Phi) is 7.80. The highest BCUT2D eigenvalue weighted by atomic mass is 32.2. The van der Waals surface area contributed by atoms with Crippen LogP contribution in [-0.4, -0.2) is 54.5 Å². The van der Waals surface area contributed by atoms with Gasteiger partial charge in [-0.3, -0.25) is 4.79 Å². The normalized spacial score (nSPS) is 11.0. The van der Waals surface area contributed by atoms with E-state index in [1.165, 1.54) is 33.5 Å². The number of benzene rings is 1. The van der Waals surface area contributed by atoms with E-state index in [0.29, 0.717) is 29.2 Å². The molecule has 0 aromatic heterocycles. The van der Waals surface area contributed by atoms with E-state index in [9.17, 15) is 13.2 Å². The van der Waals surface area contributed by atoms with Crippen molar-refractivity contribution in [1.82, 2.24) is 10.0 Å². The second kappa shape index (κ2) is 9.33. The van der Waals surface area contributed by atoms with Crippen LogP contribution in [0.15, 0.2) is 12.1 Å². The first kappa shape index (κ1) is 20.0. The number of carbonyl (C=O) groups excluding carboxylic acids is 1. The van der Waals surface area contributed by atoms with E-state index in [4.69, 9.17) is 14.2 Å². The zero-order valence-electron chi connectivity index (χ0n) is 14.3. The summed E-state index contributed by atoms with van der Waals surface area (Å²) in [4.78, 5) is 12.2. The van der Waals surface area contributed by atoms with E-state index in [-0.39, 0.29) is 24.7 Å². The Labute approximate surface area is 142 Å². The van der Waals surface area contributed by atoms with Crippen LogP contribution in [0, 0.1) is 0 Å². The summed E-state index contributed by atoms with van der Waals surface area (Å²) in [5.41, 5.74) is 0.320. The van der Waals surface area contributed by atoms with E-state index in [2.05, 4.69) is 10.0 Å². The van der Waals surface area contributed by atoms with Crippen molar-refractivity contribution in [2.75, 3.05) is 40.2 Å². The Bertz CT molecular complexity index is 635. The van der Waals surface area contributed by atoms with Crippen molar-refractivity contribution >= 4 is 15.9 Å². The molecule has 0 heterocycles. The molecule has 0 aliphatic carbocycles. The van der Waals surface area contributed by atoms with Crippen LogP contribution in [-0.2, 0) is 10.0 Å². The summed E-state index contributed by atoms with van der Waals surface area (Å²) in [6.45, 7) is 2.07.